The van der Waals surface area contributed by atoms with Crippen molar-refractivity contribution < 1.29 is 24.7 Å². The molecule has 0 saturated carbocycles. The summed E-state index contributed by atoms with van der Waals surface area (Å²) in [5, 5.41) is 14.1. The Balaban J connectivity index is 1.64. The maximum absolute atomic E-state index is 10.8. The molecule has 3 rings (SSSR count). The van der Waals surface area contributed by atoms with Gasteiger partial charge in [0.1, 0.15) is 19.7 Å². The highest BCUT2D eigenvalue weighted by Gasteiger charge is 2.14. The van der Waals surface area contributed by atoms with Crippen molar-refractivity contribution in [1.29, 1.82) is 0 Å². The molecule has 0 heterocycles. The summed E-state index contributed by atoms with van der Waals surface area (Å²) < 4.78 is 11.7. The van der Waals surface area contributed by atoms with Crippen molar-refractivity contribution in [2.45, 2.75) is 26.6 Å². The number of quaternary nitrogens is 1. The Hall–Kier alpha value is -2.73. The zero-order valence-electron chi connectivity index (χ0n) is 17.1. The standard InChI is InChI=1S/C24H23Cl2NO4/c1-2-30-22-12-18(14-27-13-16-3-7-19(8-4-16)24(28)29)11-21(26)23(22)31-15-17-5-9-20(25)10-6-17/h3-12,27H,2,13-15H2,1H3,(H,28,29). The van der Waals surface area contributed by atoms with Crippen LogP contribution in [-0.4, -0.2) is 12.6 Å². The number of ether oxygens (including phenoxy) is 2. The summed E-state index contributed by atoms with van der Waals surface area (Å²) in [6.45, 7) is 4.13. The van der Waals surface area contributed by atoms with Crippen LogP contribution in [0.3, 0.4) is 0 Å². The molecule has 0 aliphatic carbocycles. The van der Waals surface area contributed by atoms with Crippen LogP contribution < -0.4 is 19.9 Å². The van der Waals surface area contributed by atoms with Gasteiger partial charge in [0.25, 0.3) is 0 Å². The van der Waals surface area contributed by atoms with Crippen LogP contribution in [0.2, 0.25) is 10.0 Å². The van der Waals surface area contributed by atoms with Gasteiger partial charge in [-0.15, -0.1) is 0 Å². The Labute approximate surface area is 191 Å². The van der Waals surface area contributed by atoms with Crippen molar-refractivity contribution in [2.75, 3.05) is 6.61 Å². The van der Waals surface area contributed by atoms with Gasteiger partial charge in [0.2, 0.25) is 0 Å². The quantitative estimate of drug-likeness (QED) is 0.502. The average Bonchev–Trinajstić information content (AvgIpc) is 2.75. The van der Waals surface area contributed by atoms with Gasteiger partial charge >= 0.3 is 0 Å². The second-order valence-electron chi connectivity index (χ2n) is 6.93. The minimum Gasteiger partial charge on any atom is -0.545 e. The number of benzene rings is 3. The van der Waals surface area contributed by atoms with Gasteiger partial charge in [0.05, 0.1) is 17.6 Å². The number of halogens is 2. The van der Waals surface area contributed by atoms with E-state index in [9.17, 15) is 9.90 Å². The zero-order valence-corrected chi connectivity index (χ0v) is 18.6. The predicted octanol–water partition coefficient (Wildman–Crippen LogP) is 3.60. The Morgan fingerprint density at radius 2 is 1.55 bits per heavy atom. The number of carbonyl (C=O) groups excluding carboxylic acids is 1. The number of nitrogens with two attached hydrogens (primary N) is 1. The van der Waals surface area contributed by atoms with E-state index in [4.69, 9.17) is 32.7 Å². The summed E-state index contributed by atoms with van der Waals surface area (Å²) in [6.07, 6.45) is 0. The number of carboxylic acid groups (broad SMARTS) is 1. The van der Waals surface area contributed by atoms with Gasteiger partial charge in [-0.3, -0.25) is 0 Å². The lowest BCUT2D eigenvalue weighted by Gasteiger charge is -2.15. The van der Waals surface area contributed by atoms with Crippen molar-refractivity contribution in [2.24, 2.45) is 0 Å². The van der Waals surface area contributed by atoms with Crippen molar-refractivity contribution in [3.8, 4) is 11.5 Å². The maximum atomic E-state index is 10.8. The number of rotatable bonds is 10. The van der Waals surface area contributed by atoms with Crippen molar-refractivity contribution in [3.63, 3.8) is 0 Å². The molecule has 0 aliphatic rings. The molecule has 0 atom stereocenters. The van der Waals surface area contributed by atoms with Crippen molar-refractivity contribution in [1.82, 2.24) is 0 Å². The van der Waals surface area contributed by atoms with Gasteiger partial charge in [-0.2, -0.15) is 0 Å². The number of hydrogen-bond donors (Lipinski definition) is 1. The fraction of sp³-hybridized carbons (Fsp3) is 0.208. The first-order valence-electron chi connectivity index (χ1n) is 9.90. The van der Waals surface area contributed by atoms with E-state index in [-0.39, 0.29) is 5.56 Å². The molecule has 0 radical (unpaired) electrons. The minimum atomic E-state index is -1.17. The fourth-order valence-electron chi connectivity index (χ4n) is 3.06. The molecule has 0 fully saturated rings. The van der Waals surface area contributed by atoms with E-state index in [2.05, 4.69) is 5.32 Å². The summed E-state index contributed by atoms with van der Waals surface area (Å²) >= 11 is 12.4. The Morgan fingerprint density at radius 1 is 0.903 bits per heavy atom. The van der Waals surface area contributed by atoms with Crippen LogP contribution in [0.25, 0.3) is 0 Å². The van der Waals surface area contributed by atoms with E-state index in [0.717, 1.165) is 16.7 Å². The molecule has 0 unspecified atom stereocenters. The highest BCUT2D eigenvalue weighted by atomic mass is 35.5. The maximum Gasteiger partial charge on any atom is 0.180 e. The smallest absolute Gasteiger partial charge is 0.180 e. The van der Waals surface area contributed by atoms with Crippen LogP contribution in [0.1, 0.15) is 34.0 Å². The second kappa shape index (κ2) is 11.0. The molecule has 2 N–H and O–H groups in total. The summed E-state index contributed by atoms with van der Waals surface area (Å²) in [5.41, 5.74) is 3.17. The third kappa shape index (κ3) is 6.62. The largest absolute Gasteiger partial charge is 0.545 e. The van der Waals surface area contributed by atoms with E-state index in [1.54, 1.807) is 24.3 Å². The zero-order chi connectivity index (χ0) is 22.2. The van der Waals surface area contributed by atoms with E-state index >= 15 is 0 Å². The second-order valence-corrected chi connectivity index (χ2v) is 7.78. The van der Waals surface area contributed by atoms with Crippen LogP contribution in [-0.2, 0) is 19.7 Å². The monoisotopic (exact) mass is 459 g/mol. The van der Waals surface area contributed by atoms with Gasteiger partial charge < -0.3 is 24.7 Å². The molecule has 3 aromatic rings. The molecule has 0 saturated heterocycles. The average molecular weight is 460 g/mol. The van der Waals surface area contributed by atoms with Gasteiger partial charge in [-0.1, -0.05) is 59.6 Å². The van der Waals surface area contributed by atoms with Crippen LogP contribution >= 0.6 is 23.2 Å². The molecule has 0 bridgehead atoms. The highest BCUT2D eigenvalue weighted by Crippen LogP contribution is 2.37. The number of carbonyl (C=O) groups is 1. The Bertz CT molecular complexity index is 1020. The van der Waals surface area contributed by atoms with E-state index in [1.807, 2.05) is 43.3 Å². The molecule has 162 valence electrons. The lowest BCUT2D eigenvalue weighted by atomic mass is 10.1. The van der Waals surface area contributed by atoms with Crippen LogP contribution in [0.4, 0.5) is 0 Å². The predicted molar refractivity (Wildman–Crippen MR) is 119 cm³/mol. The highest BCUT2D eigenvalue weighted by molar-refractivity contribution is 6.32. The van der Waals surface area contributed by atoms with Crippen molar-refractivity contribution in [3.05, 3.63) is 93.0 Å². The van der Waals surface area contributed by atoms with Crippen molar-refractivity contribution >= 4 is 29.2 Å². The third-order valence-corrected chi connectivity index (χ3v) is 5.15. The molecule has 7 heteroatoms. The fourth-order valence-corrected chi connectivity index (χ4v) is 3.47. The third-order valence-electron chi connectivity index (χ3n) is 4.62. The first-order valence-corrected chi connectivity index (χ1v) is 10.7. The number of hydrogen-bond acceptors (Lipinski definition) is 4. The summed E-state index contributed by atoms with van der Waals surface area (Å²) in [6, 6.07) is 17.9. The Kier molecular flexibility index (Phi) is 8.18. The molecule has 0 amide bonds. The van der Waals surface area contributed by atoms with Gasteiger partial charge in [0, 0.05) is 16.1 Å². The van der Waals surface area contributed by atoms with E-state index in [0.29, 0.717) is 47.8 Å². The molecular weight excluding hydrogens is 437 g/mol. The lowest BCUT2D eigenvalue weighted by molar-refractivity contribution is -0.686. The Morgan fingerprint density at radius 3 is 2.19 bits per heavy atom. The normalized spacial score (nSPS) is 10.7. The summed E-state index contributed by atoms with van der Waals surface area (Å²) in [4.78, 5) is 10.8. The van der Waals surface area contributed by atoms with Crippen LogP contribution in [0, 0.1) is 0 Å². The van der Waals surface area contributed by atoms with Crippen LogP contribution in [0.15, 0.2) is 60.7 Å². The topological polar surface area (TPSA) is 75.2 Å². The van der Waals surface area contributed by atoms with Gasteiger partial charge in [-0.05, 0) is 42.3 Å². The molecular formula is C24H23Cl2NO4. The molecule has 31 heavy (non-hydrogen) atoms. The number of aromatic carboxylic acids is 1. The summed E-state index contributed by atoms with van der Waals surface area (Å²) in [5.74, 6) is -0.0576. The first kappa shape index (κ1) is 22.9. The first-order chi connectivity index (χ1) is 15.0. The molecule has 3 aromatic carbocycles. The number of carboxylic acids is 1. The van der Waals surface area contributed by atoms with E-state index in [1.165, 1.54) is 0 Å². The molecule has 0 spiro atoms. The SMILES string of the molecule is CCOc1cc(C[NH2+]Cc2ccc(C(=O)[O-])cc2)cc(Cl)c1OCc1ccc(Cl)cc1. The van der Waals surface area contributed by atoms with E-state index < -0.39 is 5.97 Å². The summed E-state index contributed by atoms with van der Waals surface area (Å²) in [7, 11) is 0. The lowest BCUT2D eigenvalue weighted by Crippen LogP contribution is -2.80. The molecule has 0 aliphatic heterocycles. The molecule has 0 aromatic heterocycles. The van der Waals surface area contributed by atoms with Gasteiger partial charge in [0.15, 0.2) is 11.5 Å². The van der Waals surface area contributed by atoms with Gasteiger partial charge in [-0.25, -0.2) is 0 Å². The molecule has 5 nitrogen and oxygen atoms in total. The minimum absolute atomic E-state index is 0.172. The van der Waals surface area contributed by atoms with Crippen LogP contribution in [0.5, 0.6) is 11.5 Å².